The summed E-state index contributed by atoms with van der Waals surface area (Å²) in [6.07, 6.45) is 5.16. The minimum atomic E-state index is 0.393. The monoisotopic (exact) mass is 151 g/mol. The van der Waals surface area contributed by atoms with Gasteiger partial charge in [0.25, 0.3) is 0 Å². The first-order chi connectivity index (χ1) is 5.31. The molecular formula is C8H13N3. The second-order valence-corrected chi connectivity index (χ2v) is 3.14. The molecule has 0 amide bonds. The molecule has 1 fully saturated rings. The molecule has 1 aliphatic rings. The van der Waals surface area contributed by atoms with Crippen molar-refractivity contribution in [1.29, 1.82) is 0 Å². The van der Waals surface area contributed by atoms with Gasteiger partial charge in [-0.15, -0.1) is 0 Å². The largest absolute Gasteiger partial charge is 0.327 e. The van der Waals surface area contributed by atoms with E-state index in [0.717, 1.165) is 13.0 Å². The first kappa shape index (κ1) is 6.85. The summed E-state index contributed by atoms with van der Waals surface area (Å²) in [6, 6.07) is 0.393. The molecule has 0 aliphatic heterocycles. The normalized spacial score (nSPS) is 28.9. The van der Waals surface area contributed by atoms with Crippen molar-refractivity contribution < 1.29 is 0 Å². The van der Waals surface area contributed by atoms with Crippen molar-refractivity contribution >= 4 is 0 Å². The molecule has 3 heteroatoms. The summed E-state index contributed by atoms with van der Waals surface area (Å²) < 4.78 is 1.94. The van der Waals surface area contributed by atoms with Crippen LogP contribution in [0.1, 0.15) is 24.8 Å². The second-order valence-electron chi connectivity index (χ2n) is 3.14. The van der Waals surface area contributed by atoms with Crippen LogP contribution in [-0.2, 0) is 6.54 Å². The molecule has 1 saturated carbocycles. The van der Waals surface area contributed by atoms with E-state index in [4.69, 9.17) is 5.73 Å². The number of aryl methyl sites for hydroxylation is 1. The van der Waals surface area contributed by atoms with Gasteiger partial charge in [-0.25, -0.2) is 0 Å². The fourth-order valence-electron chi connectivity index (χ4n) is 1.34. The van der Waals surface area contributed by atoms with E-state index in [1.807, 2.05) is 10.9 Å². The van der Waals surface area contributed by atoms with Gasteiger partial charge in [0.1, 0.15) is 0 Å². The predicted octanol–water partition coefficient (Wildman–Crippen LogP) is 0.718. The smallest absolute Gasteiger partial charge is 0.0525 e. The summed E-state index contributed by atoms with van der Waals surface area (Å²) in [6.45, 7) is 3.03. The van der Waals surface area contributed by atoms with E-state index in [9.17, 15) is 0 Å². The van der Waals surface area contributed by atoms with Gasteiger partial charge in [-0.05, 0) is 18.9 Å². The van der Waals surface area contributed by atoms with Gasteiger partial charge in [-0.2, -0.15) is 5.10 Å². The Morgan fingerprint density at radius 3 is 3.00 bits per heavy atom. The molecule has 2 atom stereocenters. The highest BCUT2D eigenvalue weighted by molar-refractivity contribution is 5.22. The molecule has 0 saturated heterocycles. The summed E-state index contributed by atoms with van der Waals surface area (Å²) in [4.78, 5) is 0. The third kappa shape index (κ3) is 1.16. The van der Waals surface area contributed by atoms with Crippen molar-refractivity contribution in [1.82, 2.24) is 9.78 Å². The van der Waals surface area contributed by atoms with E-state index in [-0.39, 0.29) is 0 Å². The molecule has 1 aliphatic carbocycles. The van der Waals surface area contributed by atoms with Crippen molar-refractivity contribution in [2.75, 3.05) is 0 Å². The SMILES string of the molecule is CCn1cc([C@@H]2C[C@@H]2N)cn1. The molecule has 11 heavy (non-hydrogen) atoms. The average Bonchev–Trinajstić information content (AvgIpc) is 2.59. The van der Waals surface area contributed by atoms with Crippen molar-refractivity contribution in [3.05, 3.63) is 18.0 Å². The molecular weight excluding hydrogens is 138 g/mol. The lowest BCUT2D eigenvalue weighted by Gasteiger charge is -1.91. The summed E-state index contributed by atoms with van der Waals surface area (Å²) in [5.74, 6) is 0.593. The van der Waals surface area contributed by atoms with Crippen LogP contribution < -0.4 is 5.73 Å². The Kier molecular flexibility index (Phi) is 1.46. The van der Waals surface area contributed by atoms with E-state index in [1.165, 1.54) is 5.56 Å². The van der Waals surface area contributed by atoms with Crippen molar-refractivity contribution in [3.63, 3.8) is 0 Å². The highest BCUT2D eigenvalue weighted by atomic mass is 15.3. The van der Waals surface area contributed by atoms with E-state index < -0.39 is 0 Å². The minimum Gasteiger partial charge on any atom is -0.327 e. The van der Waals surface area contributed by atoms with Crippen LogP contribution in [0.4, 0.5) is 0 Å². The maximum Gasteiger partial charge on any atom is 0.0525 e. The van der Waals surface area contributed by atoms with Crippen LogP contribution in [0.15, 0.2) is 12.4 Å². The van der Waals surface area contributed by atoms with Crippen LogP contribution in [0.25, 0.3) is 0 Å². The fraction of sp³-hybridized carbons (Fsp3) is 0.625. The highest BCUT2D eigenvalue weighted by Gasteiger charge is 2.35. The van der Waals surface area contributed by atoms with Crippen molar-refractivity contribution in [2.24, 2.45) is 5.73 Å². The molecule has 1 aromatic heterocycles. The summed E-state index contributed by atoms with van der Waals surface area (Å²) in [5, 5.41) is 4.19. The fourth-order valence-corrected chi connectivity index (χ4v) is 1.34. The van der Waals surface area contributed by atoms with Gasteiger partial charge in [-0.1, -0.05) is 0 Å². The molecule has 2 rings (SSSR count). The quantitative estimate of drug-likeness (QED) is 0.676. The molecule has 0 spiro atoms. The topological polar surface area (TPSA) is 43.8 Å². The maximum absolute atomic E-state index is 5.71. The zero-order chi connectivity index (χ0) is 7.84. The van der Waals surface area contributed by atoms with Gasteiger partial charge >= 0.3 is 0 Å². The number of hydrogen-bond donors (Lipinski definition) is 1. The maximum atomic E-state index is 5.71. The molecule has 1 heterocycles. The second kappa shape index (κ2) is 2.34. The zero-order valence-corrected chi connectivity index (χ0v) is 6.70. The van der Waals surface area contributed by atoms with Gasteiger partial charge in [-0.3, -0.25) is 4.68 Å². The van der Waals surface area contributed by atoms with Crippen LogP contribution in [0.2, 0.25) is 0 Å². The van der Waals surface area contributed by atoms with Crippen LogP contribution >= 0.6 is 0 Å². The van der Waals surface area contributed by atoms with Gasteiger partial charge in [0, 0.05) is 24.7 Å². The Morgan fingerprint density at radius 2 is 2.55 bits per heavy atom. The summed E-state index contributed by atoms with van der Waals surface area (Å²) in [5.41, 5.74) is 7.02. The number of hydrogen-bond acceptors (Lipinski definition) is 2. The Balaban J connectivity index is 2.13. The first-order valence-electron chi connectivity index (χ1n) is 4.09. The molecule has 3 nitrogen and oxygen atoms in total. The molecule has 1 aromatic rings. The number of rotatable bonds is 2. The van der Waals surface area contributed by atoms with Crippen LogP contribution in [0, 0.1) is 0 Å². The molecule has 0 bridgehead atoms. The van der Waals surface area contributed by atoms with Crippen molar-refractivity contribution in [2.45, 2.75) is 31.8 Å². The third-order valence-corrected chi connectivity index (χ3v) is 2.25. The Morgan fingerprint density at radius 1 is 1.82 bits per heavy atom. The standard InChI is InChI=1S/C8H13N3/c1-2-11-5-6(4-10-11)7-3-8(7)9/h4-5,7-8H,2-3,9H2,1H3/t7-,8-/m0/s1. The van der Waals surface area contributed by atoms with E-state index in [1.54, 1.807) is 0 Å². The molecule has 0 unspecified atom stereocenters. The number of nitrogens with zero attached hydrogens (tertiary/aromatic N) is 2. The minimum absolute atomic E-state index is 0.393. The average molecular weight is 151 g/mol. The van der Waals surface area contributed by atoms with Gasteiger partial charge in [0.05, 0.1) is 6.20 Å². The van der Waals surface area contributed by atoms with E-state index >= 15 is 0 Å². The number of aromatic nitrogens is 2. The molecule has 0 radical (unpaired) electrons. The highest BCUT2D eigenvalue weighted by Crippen LogP contribution is 2.38. The zero-order valence-electron chi connectivity index (χ0n) is 6.70. The summed E-state index contributed by atoms with van der Waals surface area (Å²) >= 11 is 0. The predicted molar refractivity (Wildman–Crippen MR) is 43.2 cm³/mol. The van der Waals surface area contributed by atoms with E-state index in [0.29, 0.717) is 12.0 Å². The lowest BCUT2D eigenvalue weighted by atomic mass is 10.2. The Bertz CT molecular complexity index is 254. The lowest BCUT2D eigenvalue weighted by molar-refractivity contribution is 0.659. The van der Waals surface area contributed by atoms with Gasteiger partial charge in [0.15, 0.2) is 0 Å². The van der Waals surface area contributed by atoms with E-state index in [2.05, 4.69) is 18.2 Å². The van der Waals surface area contributed by atoms with Crippen molar-refractivity contribution in [3.8, 4) is 0 Å². The van der Waals surface area contributed by atoms with Gasteiger partial charge in [0.2, 0.25) is 0 Å². The Hall–Kier alpha value is -0.830. The molecule has 2 N–H and O–H groups in total. The summed E-state index contributed by atoms with van der Waals surface area (Å²) in [7, 11) is 0. The molecule has 0 aromatic carbocycles. The number of nitrogens with two attached hydrogens (primary N) is 1. The van der Waals surface area contributed by atoms with Crippen LogP contribution in [0.5, 0.6) is 0 Å². The third-order valence-electron chi connectivity index (χ3n) is 2.25. The van der Waals surface area contributed by atoms with Crippen LogP contribution in [-0.4, -0.2) is 15.8 Å². The lowest BCUT2D eigenvalue weighted by Crippen LogP contribution is -2.00. The molecule has 60 valence electrons. The van der Waals surface area contributed by atoms with Crippen LogP contribution in [0.3, 0.4) is 0 Å². The Labute approximate surface area is 66.2 Å². The van der Waals surface area contributed by atoms with Gasteiger partial charge < -0.3 is 5.73 Å². The first-order valence-corrected chi connectivity index (χ1v) is 4.09.